The van der Waals surface area contributed by atoms with Gasteiger partial charge in [0, 0.05) is 27.5 Å². The van der Waals surface area contributed by atoms with E-state index in [1.807, 2.05) is 19.1 Å². The van der Waals surface area contributed by atoms with Gasteiger partial charge in [-0.25, -0.2) is 0 Å². The van der Waals surface area contributed by atoms with Crippen LogP contribution in [0.25, 0.3) is 21.8 Å². The second-order valence-corrected chi connectivity index (χ2v) is 5.08. The van der Waals surface area contributed by atoms with Crippen molar-refractivity contribution >= 4 is 44.0 Å². The van der Waals surface area contributed by atoms with E-state index in [4.69, 9.17) is 4.74 Å². The van der Waals surface area contributed by atoms with E-state index >= 15 is 0 Å². The van der Waals surface area contributed by atoms with Crippen LogP contribution in [0.4, 0.5) is 0 Å². The van der Waals surface area contributed by atoms with Crippen molar-refractivity contribution in [2.75, 3.05) is 7.11 Å². The first-order valence-corrected chi connectivity index (χ1v) is 6.55. The number of aromatic nitrogens is 2. The molecule has 0 unspecified atom stereocenters. The van der Waals surface area contributed by atoms with Crippen LogP contribution in [-0.4, -0.2) is 23.4 Å². The van der Waals surface area contributed by atoms with Gasteiger partial charge in [0.1, 0.15) is 5.75 Å². The molecule has 1 N–H and O–H groups in total. The highest BCUT2D eigenvalue weighted by Gasteiger charge is 2.16. The first kappa shape index (κ1) is 12.2. The molecule has 4 nitrogen and oxygen atoms in total. The quantitative estimate of drug-likeness (QED) is 0.734. The summed E-state index contributed by atoms with van der Waals surface area (Å²) in [5, 5.41) is 2.02. The van der Waals surface area contributed by atoms with Gasteiger partial charge < -0.3 is 9.72 Å². The van der Waals surface area contributed by atoms with Crippen LogP contribution in [0.1, 0.15) is 16.1 Å². The number of methoxy groups -OCH3 is 1. The number of fused-ring (bicyclic) bond motifs is 3. The molecule has 1 aromatic carbocycles. The lowest BCUT2D eigenvalue weighted by atomic mass is 10.1. The highest BCUT2D eigenvalue weighted by atomic mass is 79.9. The molecule has 0 aliphatic rings. The van der Waals surface area contributed by atoms with Crippen molar-refractivity contribution in [3.8, 4) is 5.75 Å². The summed E-state index contributed by atoms with van der Waals surface area (Å²) in [7, 11) is 1.55. The van der Waals surface area contributed by atoms with E-state index in [2.05, 4.69) is 25.9 Å². The SMILES string of the molecule is COc1cc2[nH]c3c(C)nccc3c2c(Br)c1C=O. The first-order valence-electron chi connectivity index (χ1n) is 5.76. The molecule has 0 bridgehead atoms. The summed E-state index contributed by atoms with van der Waals surface area (Å²) < 4.78 is 6.00. The first-order chi connectivity index (χ1) is 9.17. The summed E-state index contributed by atoms with van der Waals surface area (Å²) in [4.78, 5) is 18.8. The van der Waals surface area contributed by atoms with Gasteiger partial charge in [0.25, 0.3) is 0 Å². The average molecular weight is 319 g/mol. The minimum Gasteiger partial charge on any atom is -0.496 e. The van der Waals surface area contributed by atoms with Crippen molar-refractivity contribution < 1.29 is 9.53 Å². The van der Waals surface area contributed by atoms with Crippen LogP contribution in [0.5, 0.6) is 5.75 Å². The zero-order valence-corrected chi connectivity index (χ0v) is 12.0. The number of nitrogens with zero attached hydrogens (tertiary/aromatic N) is 1. The molecule has 0 amide bonds. The van der Waals surface area contributed by atoms with Crippen molar-refractivity contribution in [3.05, 3.63) is 34.1 Å². The Bertz CT molecular complexity index is 808. The lowest BCUT2D eigenvalue weighted by Crippen LogP contribution is -1.92. The number of rotatable bonds is 2. The van der Waals surface area contributed by atoms with Crippen molar-refractivity contribution in [1.29, 1.82) is 0 Å². The Morgan fingerprint density at radius 1 is 1.47 bits per heavy atom. The predicted molar refractivity (Wildman–Crippen MR) is 78.0 cm³/mol. The minimum atomic E-state index is 0.519. The molecule has 3 rings (SSSR count). The summed E-state index contributed by atoms with van der Waals surface area (Å²) in [5.41, 5.74) is 3.33. The number of hydrogen-bond acceptors (Lipinski definition) is 3. The van der Waals surface area contributed by atoms with Crippen molar-refractivity contribution in [2.45, 2.75) is 6.92 Å². The van der Waals surface area contributed by atoms with Crippen molar-refractivity contribution in [2.24, 2.45) is 0 Å². The fraction of sp³-hybridized carbons (Fsp3) is 0.143. The zero-order valence-electron chi connectivity index (χ0n) is 10.5. The van der Waals surface area contributed by atoms with Crippen LogP contribution in [0, 0.1) is 6.92 Å². The van der Waals surface area contributed by atoms with Gasteiger partial charge in [-0.3, -0.25) is 9.78 Å². The lowest BCUT2D eigenvalue weighted by Gasteiger charge is -2.06. The summed E-state index contributed by atoms with van der Waals surface area (Å²) >= 11 is 3.51. The Kier molecular flexibility index (Phi) is 2.78. The molecule has 0 saturated carbocycles. The summed E-state index contributed by atoms with van der Waals surface area (Å²) in [6, 6.07) is 3.77. The Balaban J connectivity index is 2.56. The van der Waals surface area contributed by atoms with Gasteiger partial charge in [0.05, 0.1) is 29.4 Å². The maximum absolute atomic E-state index is 11.2. The molecule has 0 aliphatic carbocycles. The van der Waals surface area contributed by atoms with Gasteiger partial charge in [0.2, 0.25) is 0 Å². The van der Waals surface area contributed by atoms with Gasteiger partial charge in [-0.2, -0.15) is 0 Å². The number of carbonyl (C=O) groups is 1. The number of ether oxygens (including phenoxy) is 1. The summed E-state index contributed by atoms with van der Waals surface area (Å²) in [6.07, 6.45) is 2.57. The van der Waals surface area contributed by atoms with Crippen molar-refractivity contribution in [1.82, 2.24) is 9.97 Å². The number of nitrogens with one attached hydrogen (secondary N) is 1. The molecule has 3 aromatic rings. The smallest absolute Gasteiger partial charge is 0.154 e. The van der Waals surface area contributed by atoms with E-state index in [1.165, 1.54) is 0 Å². The van der Waals surface area contributed by atoms with Gasteiger partial charge >= 0.3 is 0 Å². The molecule has 0 fully saturated rings. The number of aryl methyl sites for hydroxylation is 1. The van der Waals surface area contributed by atoms with Crippen LogP contribution >= 0.6 is 15.9 Å². The molecule has 5 heteroatoms. The minimum absolute atomic E-state index is 0.519. The molecule has 96 valence electrons. The summed E-state index contributed by atoms with van der Waals surface area (Å²) in [6.45, 7) is 1.95. The third kappa shape index (κ3) is 1.65. The standard InChI is InChI=1S/C14H11BrN2O2/c1-7-14-8(3-4-16-7)12-10(17-14)5-11(19-2)9(6-18)13(12)15/h3-6,17H,1-2H3. The number of benzene rings is 1. The maximum Gasteiger partial charge on any atom is 0.154 e. The van der Waals surface area contributed by atoms with E-state index in [0.29, 0.717) is 11.3 Å². The topological polar surface area (TPSA) is 55.0 Å². The monoisotopic (exact) mass is 318 g/mol. The number of hydrogen-bond donors (Lipinski definition) is 1. The fourth-order valence-corrected chi connectivity index (χ4v) is 3.07. The molecule has 2 aromatic heterocycles. The van der Waals surface area contributed by atoms with Gasteiger partial charge in [0.15, 0.2) is 6.29 Å². The van der Waals surface area contributed by atoms with Crippen LogP contribution in [0.3, 0.4) is 0 Å². The van der Waals surface area contributed by atoms with E-state index in [-0.39, 0.29) is 0 Å². The van der Waals surface area contributed by atoms with Gasteiger partial charge in [-0.05, 0) is 28.9 Å². The molecule has 0 atom stereocenters. The maximum atomic E-state index is 11.2. The third-order valence-corrected chi connectivity index (χ3v) is 4.10. The van der Waals surface area contributed by atoms with Gasteiger partial charge in [-0.1, -0.05) is 0 Å². The molecular formula is C14H11BrN2O2. The Morgan fingerprint density at radius 3 is 2.95 bits per heavy atom. The van der Waals surface area contributed by atoms with E-state index in [9.17, 15) is 4.79 Å². The zero-order chi connectivity index (χ0) is 13.6. The number of pyridine rings is 1. The lowest BCUT2D eigenvalue weighted by molar-refractivity contribution is 0.112. The fourth-order valence-electron chi connectivity index (χ4n) is 2.35. The summed E-state index contributed by atoms with van der Waals surface area (Å²) in [5.74, 6) is 0.548. The van der Waals surface area contributed by atoms with Crippen molar-refractivity contribution in [3.63, 3.8) is 0 Å². The highest BCUT2D eigenvalue weighted by molar-refractivity contribution is 9.10. The number of H-pyrrole nitrogens is 1. The number of aromatic amines is 1. The van der Waals surface area contributed by atoms with Crippen LogP contribution < -0.4 is 4.74 Å². The molecule has 2 heterocycles. The normalized spacial score (nSPS) is 11.1. The second kappa shape index (κ2) is 4.35. The third-order valence-electron chi connectivity index (χ3n) is 3.27. The van der Waals surface area contributed by atoms with E-state index in [0.717, 1.165) is 38.3 Å². The number of aldehydes is 1. The highest BCUT2D eigenvalue weighted by Crippen LogP contribution is 2.38. The Hall–Kier alpha value is -1.88. The number of halogens is 1. The second-order valence-electron chi connectivity index (χ2n) is 4.29. The van der Waals surface area contributed by atoms with Crippen LogP contribution in [-0.2, 0) is 0 Å². The van der Waals surface area contributed by atoms with Gasteiger partial charge in [-0.15, -0.1) is 0 Å². The predicted octanol–water partition coefficient (Wildman–Crippen LogP) is 3.61. The molecular weight excluding hydrogens is 308 g/mol. The molecule has 19 heavy (non-hydrogen) atoms. The molecule has 0 spiro atoms. The average Bonchev–Trinajstić information content (AvgIpc) is 2.78. The molecule has 0 radical (unpaired) electrons. The largest absolute Gasteiger partial charge is 0.496 e. The molecule has 0 saturated heterocycles. The van der Waals surface area contributed by atoms with Crippen LogP contribution in [0.2, 0.25) is 0 Å². The van der Waals surface area contributed by atoms with Crippen LogP contribution in [0.15, 0.2) is 22.8 Å². The molecule has 0 aliphatic heterocycles. The Labute approximate surface area is 117 Å². The Morgan fingerprint density at radius 2 is 2.26 bits per heavy atom. The van der Waals surface area contributed by atoms with E-state index in [1.54, 1.807) is 13.3 Å². The van der Waals surface area contributed by atoms with E-state index < -0.39 is 0 Å². The number of carbonyl (C=O) groups excluding carboxylic acids is 1.